The van der Waals surface area contributed by atoms with Crippen LogP contribution in [-0.4, -0.2) is 9.13 Å². The lowest BCUT2D eigenvalue weighted by atomic mass is 10.0. The van der Waals surface area contributed by atoms with Crippen LogP contribution >= 0.6 is 0 Å². The highest BCUT2D eigenvalue weighted by Gasteiger charge is 2.18. The molecular formula is C54H34N2O. The van der Waals surface area contributed by atoms with Gasteiger partial charge in [-0.05, 0) is 106 Å². The topological polar surface area (TPSA) is 23.0 Å². The third-order valence-corrected chi connectivity index (χ3v) is 11.7. The standard InChI is InChI=1S/C54H34N2O/c1-4-12-35(13-5-1)38-20-26-50-45(30-38)43-18-10-11-19-49(43)55(50)41-24-29-53-48(33-41)44-25-23-42(34-54(44)57-53)56-51-27-21-39(36-14-6-2-7-15-36)31-46(51)47-32-40(22-28-52(47)56)37-16-8-3-9-17-37/h1-34H. The molecular weight excluding hydrogens is 693 g/mol. The number of benzene rings is 9. The van der Waals surface area contributed by atoms with Gasteiger partial charge >= 0.3 is 0 Å². The van der Waals surface area contributed by atoms with E-state index in [2.05, 4.69) is 215 Å². The van der Waals surface area contributed by atoms with Gasteiger partial charge in [0.15, 0.2) is 0 Å². The van der Waals surface area contributed by atoms with Crippen molar-refractivity contribution in [1.82, 2.24) is 9.13 Å². The maximum Gasteiger partial charge on any atom is 0.137 e. The first-order valence-electron chi connectivity index (χ1n) is 19.5. The van der Waals surface area contributed by atoms with Gasteiger partial charge in [-0.15, -0.1) is 0 Å². The van der Waals surface area contributed by atoms with E-state index in [-0.39, 0.29) is 0 Å². The van der Waals surface area contributed by atoms with Crippen LogP contribution in [0.1, 0.15) is 0 Å². The number of nitrogens with zero attached hydrogens (tertiary/aromatic N) is 2. The molecule has 0 spiro atoms. The van der Waals surface area contributed by atoms with Crippen molar-refractivity contribution in [3.05, 3.63) is 206 Å². The summed E-state index contributed by atoms with van der Waals surface area (Å²) in [5.74, 6) is 0. The van der Waals surface area contributed by atoms with Crippen LogP contribution in [0.25, 0.3) is 110 Å². The first-order chi connectivity index (χ1) is 28.2. The Morgan fingerprint density at radius 1 is 0.246 bits per heavy atom. The summed E-state index contributed by atoms with van der Waals surface area (Å²) in [6.45, 7) is 0. The Morgan fingerprint density at radius 3 is 1.23 bits per heavy atom. The molecule has 0 saturated carbocycles. The predicted molar refractivity (Wildman–Crippen MR) is 239 cm³/mol. The van der Waals surface area contributed by atoms with E-state index in [4.69, 9.17) is 4.42 Å². The second-order valence-corrected chi connectivity index (χ2v) is 14.9. The molecule has 0 unspecified atom stereocenters. The Balaban J connectivity index is 1.02. The van der Waals surface area contributed by atoms with Gasteiger partial charge in [0, 0.05) is 49.8 Å². The van der Waals surface area contributed by atoms with Crippen LogP contribution in [0.2, 0.25) is 0 Å². The average Bonchev–Trinajstić information content (AvgIpc) is 3.93. The third kappa shape index (κ3) is 4.99. The summed E-state index contributed by atoms with van der Waals surface area (Å²) in [5.41, 5.74) is 15.9. The van der Waals surface area contributed by atoms with Gasteiger partial charge in [0.1, 0.15) is 11.2 Å². The Labute approximate surface area is 328 Å². The van der Waals surface area contributed by atoms with E-state index in [1.165, 1.54) is 66.0 Å². The van der Waals surface area contributed by atoms with E-state index in [0.29, 0.717) is 0 Å². The predicted octanol–water partition coefficient (Wildman–Crippen LogP) is 14.8. The molecule has 266 valence electrons. The number of hydrogen-bond donors (Lipinski definition) is 0. The Hall–Kier alpha value is -7.62. The van der Waals surface area contributed by atoms with E-state index in [0.717, 1.165) is 44.3 Å². The number of furan rings is 1. The molecule has 0 fully saturated rings. The Bertz CT molecular complexity index is 3400. The fraction of sp³-hybridized carbons (Fsp3) is 0. The van der Waals surface area contributed by atoms with Crippen LogP contribution in [0, 0.1) is 0 Å². The van der Waals surface area contributed by atoms with Gasteiger partial charge in [-0.2, -0.15) is 0 Å². The Kier molecular flexibility index (Phi) is 6.93. The zero-order chi connectivity index (χ0) is 37.5. The molecule has 12 rings (SSSR count). The van der Waals surface area contributed by atoms with Crippen molar-refractivity contribution in [3.8, 4) is 44.8 Å². The van der Waals surface area contributed by atoms with Gasteiger partial charge in [-0.25, -0.2) is 0 Å². The maximum absolute atomic E-state index is 6.66. The summed E-state index contributed by atoms with van der Waals surface area (Å²) >= 11 is 0. The molecule has 0 aliphatic carbocycles. The Morgan fingerprint density at radius 2 is 0.684 bits per heavy atom. The number of aromatic nitrogens is 2. The molecule has 9 aromatic carbocycles. The minimum atomic E-state index is 0.867. The first-order valence-corrected chi connectivity index (χ1v) is 19.5. The summed E-state index contributed by atoms with van der Waals surface area (Å²) in [7, 11) is 0. The molecule has 3 nitrogen and oxygen atoms in total. The van der Waals surface area contributed by atoms with Crippen molar-refractivity contribution in [3.63, 3.8) is 0 Å². The largest absolute Gasteiger partial charge is 0.456 e. The highest BCUT2D eigenvalue weighted by molar-refractivity contribution is 6.13. The molecule has 3 heteroatoms. The molecule has 0 amide bonds. The van der Waals surface area contributed by atoms with Crippen LogP contribution in [0.3, 0.4) is 0 Å². The molecule has 12 aromatic rings. The number of rotatable bonds is 5. The second kappa shape index (κ2) is 12.5. The van der Waals surface area contributed by atoms with E-state index in [1.807, 2.05) is 0 Å². The maximum atomic E-state index is 6.66. The number of para-hydroxylation sites is 1. The van der Waals surface area contributed by atoms with Gasteiger partial charge in [0.05, 0.1) is 22.1 Å². The van der Waals surface area contributed by atoms with Crippen molar-refractivity contribution in [1.29, 1.82) is 0 Å². The van der Waals surface area contributed by atoms with Gasteiger partial charge < -0.3 is 13.6 Å². The number of hydrogen-bond acceptors (Lipinski definition) is 1. The monoisotopic (exact) mass is 726 g/mol. The van der Waals surface area contributed by atoms with E-state index >= 15 is 0 Å². The van der Waals surface area contributed by atoms with Gasteiger partial charge in [-0.1, -0.05) is 127 Å². The van der Waals surface area contributed by atoms with Crippen LogP contribution in [-0.2, 0) is 0 Å². The molecule has 0 aliphatic rings. The zero-order valence-corrected chi connectivity index (χ0v) is 30.9. The lowest BCUT2D eigenvalue weighted by Crippen LogP contribution is -1.94. The van der Waals surface area contributed by atoms with Crippen molar-refractivity contribution in [2.45, 2.75) is 0 Å². The molecule has 3 heterocycles. The quantitative estimate of drug-likeness (QED) is 0.173. The minimum absolute atomic E-state index is 0.867. The summed E-state index contributed by atoms with van der Waals surface area (Å²) in [6.07, 6.45) is 0. The fourth-order valence-corrected chi connectivity index (χ4v) is 9.02. The van der Waals surface area contributed by atoms with Crippen molar-refractivity contribution >= 4 is 65.6 Å². The molecule has 0 saturated heterocycles. The highest BCUT2D eigenvalue weighted by atomic mass is 16.3. The summed E-state index contributed by atoms with van der Waals surface area (Å²) in [4.78, 5) is 0. The lowest BCUT2D eigenvalue weighted by Gasteiger charge is -2.09. The zero-order valence-electron chi connectivity index (χ0n) is 30.9. The molecule has 0 bridgehead atoms. The fourth-order valence-electron chi connectivity index (χ4n) is 9.02. The summed E-state index contributed by atoms with van der Waals surface area (Å²) in [6, 6.07) is 74.4. The molecule has 0 aliphatic heterocycles. The average molecular weight is 727 g/mol. The van der Waals surface area contributed by atoms with E-state index in [1.54, 1.807) is 0 Å². The highest BCUT2D eigenvalue weighted by Crippen LogP contribution is 2.40. The molecule has 57 heavy (non-hydrogen) atoms. The SMILES string of the molecule is c1ccc(-c2ccc3c(c2)c2ccccc2n3-c2ccc3oc4cc(-n5c6ccc(-c7ccccc7)cc6c6cc(-c7ccccc7)ccc65)ccc4c3c2)cc1. The van der Waals surface area contributed by atoms with Crippen molar-refractivity contribution in [2.24, 2.45) is 0 Å². The molecule has 0 atom stereocenters. The van der Waals surface area contributed by atoms with E-state index in [9.17, 15) is 0 Å². The second-order valence-electron chi connectivity index (χ2n) is 14.9. The van der Waals surface area contributed by atoms with Crippen molar-refractivity contribution in [2.75, 3.05) is 0 Å². The van der Waals surface area contributed by atoms with Crippen LogP contribution in [0.5, 0.6) is 0 Å². The normalized spacial score (nSPS) is 11.9. The van der Waals surface area contributed by atoms with E-state index < -0.39 is 0 Å². The van der Waals surface area contributed by atoms with Crippen LogP contribution in [0.4, 0.5) is 0 Å². The first kappa shape index (κ1) is 31.7. The molecule has 3 aromatic heterocycles. The number of fused-ring (bicyclic) bond motifs is 9. The van der Waals surface area contributed by atoms with Gasteiger partial charge in [0.25, 0.3) is 0 Å². The van der Waals surface area contributed by atoms with Crippen LogP contribution < -0.4 is 0 Å². The van der Waals surface area contributed by atoms with Crippen molar-refractivity contribution < 1.29 is 4.42 Å². The smallest absolute Gasteiger partial charge is 0.137 e. The summed E-state index contributed by atoms with van der Waals surface area (Å²) < 4.78 is 11.4. The van der Waals surface area contributed by atoms with Crippen LogP contribution in [0.15, 0.2) is 211 Å². The van der Waals surface area contributed by atoms with Gasteiger partial charge in [0.2, 0.25) is 0 Å². The minimum Gasteiger partial charge on any atom is -0.456 e. The third-order valence-electron chi connectivity index (χ3n) is 11.7. The molecule has 0 N–H and O–H groups in total. The molecule has 0 radical (unpaired) electrons. The lowest BCUT2D eigenvalue weighted by molar-refractivity contribution is 0.668. The summed E-state index contributed by atoms with van der Waals surface area (Å²) in [5, 5.41) is 7.13. The van der Waals surface area contributed by atoms with Gasteiger partial charge in [-0.3, -0.25) is 0 Å².